The van der Waals surface area contributed by atoms with E-state index in [2.05, 4.69) is 16.1 Å². The van der Waals surface area contributed by atoms with Crippen LogP contribution in [0.15, 0.2) is 0 Å². The van der Waals surface area contributed by atoms with Gasteiger partial charge in [0, 0.05) is 40.3 Å². The first-order valence-corrected chi connectivity index (χ1v) is 4.06. The topological polar surface area (TPSA) is 56.4 Å². The second kappa shape index (κ2) is 11.6. The van der Waals surface area contributed by atoms with E-state index < -0.39 is 0 Å². The molecule has 5 nitrogen and oxygen atoms in total. The lowest BCUT2D eigenvalue weighted by Crippen LogP contribution is -2.39. The summed E-state index contributed by atoms with van der Waals surface area (Å²) in [6.07, 6.45) is 0.625. The molecule has 6 heteroatoms. The van der Waals surface area contributed by atoms with Crippen molar-refractivity contribution in [2.75, 3.05) is 40.3 Å². The minimum atomic E-state index is 0. The molecule has 1 rings (SSSR count). The monoisotopic (exact) mass is 210 g/mol. The Bertz CT molecular complexity index is 97.2. The van der Waals surface area contributed by atoms with Crippen LogP contribution >= 0.6 is 12.4 Å². The van der Waals surface area contributed by atoms with E-state index in [4.69, 9.17) is 0 Å². The van der Waals surface area contributed by atoms with Crippen LogP contribution in [-0.4, -0.2) is 51.7 Å². The van der Waals surface area contributed by atoms with Crippen molar-refractivity contribution in [1.82, 2.24) is 21.1 Å². The maximum atomic E-state index is 9.46. The van der Waals surface area contributed by atoms with E-state index in [1.54, 1.807) is 19.1 Å². The molecular formula is C7H19ClN4O. The van der Waals surface area contributed by atoms with Crippen molar-refractivity contribution in [2.24, 2.45) is 0 Å². The van der Waals surface area contributed by atoms with Gasteiger partial charge in [0.25, 0.3) is 0 Å². The maximum Gasteiger partial charge on any atom is 0.221 e. The molecule has 0 aromatic heterocycles. The largest absolute Gasteiger partial charge is 0.314 e. The smallest absolute Gasteiger partial charge is 0.221 e. The van der Waals surface area contributed by atoms with Crippen LogP contribution in [0.2, 0.25) is 0 Å². The van der Waals surface area contributed by atoms with Crippen LogP contribution in [0.3, 0.4) is 0 Å². The van der Waals surface area contributed by atoms with Crippen molar-refractivity contribution in [3.8, 4) is 0 Å². The van der Waals surface area contributed by atoms with Gasteiger partial charge in [0.05, 0.1) is 0 Å². The van der Waals surface area contributed by atoms with Gasteiger partial charge >= 0.3 is 0 Å². The predicted octanol–water partition coefficient (Wildman–Crippen LogP) is -1.19. The second-order valence-electron chi connectivity index (χ2n) is 2.64. The lowest BCUT2D eigenvalue weighted by molar-refractivity contribution is -0.112. The van der Waals surface area contributed by atoms with E-state index in [0.29, 0.717) is 6.41 Å². The van der Waals surface area contributed by atoms with E-state index in [1.807, 2.05) is 0 Å². The Hall–Kier alpha value is -0.360. The van der Waals surface area contributed by atoms with Gasteiger partial charge in [-0.05, 0) is 0 Å². The molecule has 0 saturated carbocycles. The van der Waals surface area contributed by atoms with Gasteiger partial charge < -0.3 is 10.6 Å². The first-order chi connectivity index (χ1) is 5.77. The summed E-state index contributed by atoms with van der Waals surface area (Å²) in [5.41, 5.74) is 2.36. The van der Waals surface area contributed by atoms with Crippen LogP contribution in [0.1, 0.15) is 0 Å². The maximum absolute atomic E-state index is 9.46. The summed E-state index contributed by atoms with van der Waals surface area (Å²) in [4.78, 5) is 9.46. The van der Waals surface area contributed by atoms with Crippen LogP contribution in [-0.2, 0) is 4.79 Å². The number of nitrogens with one attached hydrogen (secondary N) is 3. The number of hydrogen-bond acceptors (Lipinski definition) is 4. The number of amides is 1. The van der Waals surface area contributed by atoms with Gasteiger partial charge in [-0.1, -0.05) is 0 Å². The quantitative estimate of drug-likeness (QED) is 0.397. The van der Waals surface area contributed by atoms with Crippen molar-refractivity contribution < 1.29 is 4.79 Å². The highest BCUT2D eigenvalue weighted by Gasteiger charge is 1.91. The zero-order valence-electron chi connectivity index (χ0n) is 8.17. The third-order valence-electron chi connectivity index (χ3n) is 1.27. The third-order valence-corrected chi connectivity index (χ3v) is 1.27. The number of halogens is 1. The molecule has 1 heterocycles. The first kappa shape index (κ1) is 15.1. The molecule has 13 heavy (non-hydrogen) atoms. The Labute approximate surface area is 85.6 Å². The van der Waals surface area contributed by atoms with Crippen molar-refractivity contribution in [3.05, 3.63) is 0 Å². The number of nitrogens with zero attached hydrogens (tertiary/aromatic N) is 1. The lowest BCUT2D eigenvalue weighted by Gasteiger charge is -2.11. The van der Waals surface area contributed by atoms with E-state index >= 15 is 0 Å². The second-order valence-corrected chi connectivity index (χ2v) is 2.64. The van der Waals surface area contributed by atoms with Crippen molar-refractivity contribution >= 4 is 18.8 Å². The molecule has 0 aromatic carbocycles. The molecule has 1 aliphatic rings. The first-order valence-electron chi connectivity index (χ1n) is 4.06. The summed E-state index contributed by atoms with van der Waals surface area (Å²) in [5, 5.41) is 8.01. The summed E-state index contributed by atoms with van der Waals surface area (Å²) >= 11 is 0. The number of carbonyl (C=O) groups is 1. The lowest BCUT2D eigenvalue weighted by atomic mass is 10.4. The number of hydrazine groups is 1. The van der Waals surface area contributed by atoms with Gasteiger partial charge in [0.2, 0.25) is 6.41 Å². The van der Waals surface area contributed by atoms with Gasteiger partial charge in [-0.2, -0.15) is 0 Å². The fraction of sp³-hybridized carbons (Fsp3) is 0.857. The Balaban J connectivity index is 0. The standard InChI is InChI=1S/C4H10N2.C3H8N2O.ClH/c1-2-6-4-3-5-1;1-5(2)4-3-6;/h5-6H,1-4H2;3H,1-2H3,(H,4,6);1H. The molecule has 1 fully saturated rings. The molecule has 80 valence electrons. The van der Waals surface area contributed by atoms with E-state index in [0.717, 1.165) is 26.2 Å². The zero-order chi connectivity index (χ0) is 9.23. The molecule has 0 atom stereocenters. The third kappa shape index (κ3) is 14.5. The fourth-order valence-corrected chi connectivity index (χ4v) is 0.709. The van der Waals surface area contributed by atoms with Crippen LogP contribution in [0.4, 0.5) is 0 Å². The van der Waals surface area contributed by atoms with Gasteiger partial charge in [0.15, 0.2) is 0 Å². The molecule has 0 bridgehead atoms. The number of hydrogen-bond donors (Lipinski definition) is 3. The summed E-state index contributed by atoms with van der Waals surface area (Å²) in [5.74, 6) is 0. The molecule has 1 aliphatic heterocycles. The average Bonchev–Trinajstić information content (AvgIpc) is 2.08. The molecule has 0 radical (unpaired) electrons. The molecular weight excluding hydrogens is 192 g/mol. The fourth-order valence-electron chi connectivity index (χ4n) is 0.709. The molecule has 1 amide bonds. The summed E-state index contributed by atoms with van der Waals surface area (Å²) in [7, 11) is 3.49. The Morgan fingerprint density at radius 3 is 1.62 bits per heavy atom. The Morgan fingerprint density at radius 2 is 1.54 bits per heavy atom. The number of rotatable bonds is 2. The van der Waals surface area contributed by atoms with Crippen molar-refractivity contribution in [1.29, 1.82) is 0 Å². The minimum absolute atomic E-state index is 0. The molecule has 0 aromatic rings. The van der Waals surface area contributed by atoms with Gasteiger partial charge in [-0.25, -0.2) is 5.01 Å². The average molecular weight is 211 g/mol. The highest BCUT2D eigenvalue weighted by Crippen LogP contribution is 1.65. The van der Waals surface area contributed by atoms with Gasteiger partial charge in [-0.15, -0.1) is 12.4 Å². The molecule has 0 spiro atoms. The normalized spacial score (nSPS) is 15.0. The Kier molecular flexibility index (Phi) is 13.5. The summed E-state index contributed by atoms with van der Waals surface area (Å²) in [6.45, 7) is 4.56. The molecule has 0 aliphatic carbocycles. The Morgan fingerprint density at radius 1 is 1.15 bits per heavy atom. The van der Waals surface area contributed by atoms with Gasteiger partial charge in [0.1, 0.15) is 0 Å². The predicted molar refractivity (Wildman–Crippen MR) is 55.9 cm³/mol. The van der Waals surface area contributed by atoms with Crippen molar-refractivity contribution in [3.63, 3.8) is 0 Å². The van der Waals surface area contributed by atoms with Crippen LogP contribution in [0, 0.1) is 0 Å². The summed E-state index contributed by atoms with van der Waals surface area (Å²) in [6, 6.07) is 0. The minimum Gasteiger partial charge on any atom is -0.314 e. The van der Waals surface area contributed by atoms with Gasteiger partial charge in [-0.3, -0.25) is 10.2 Å². The highest BCUT2D eigenvalue weighted by molar-refractivity contribution is 5.85. The van der Waals surface area contributed by atoms with Crippen LogP contribution in [0.25, 0.3) is 0 Å². The zero-order valence-corrected chi connectivity index (χ0v) is 8.99. The van der Waals surface area contributed by atoms with E-state index in [9.17, 15) is 4.79 Å². The van der Waals surface area contributed by atoms with Crippen molar-refractivity contribution in [2.45, 2.75) is 0 Å². The molecule has 1 saturated heterocycles. The SMILES string of the molecule is C1CNCCN1.CN(C)NC=O.Cl. The van der Waals surface area contributed by atoms with E-state index in [1.165, 1.54) is 0 Å². The van der Waals surface area contributed by atoms with E-state index in [-0.39, 0.29) is 12.4 Å². The van der Waals surface area contributed by atoms with Crippen LogP contribution < -0.4 is 16.1 Å². The highest BCUT2D eigenvalue weighted by atomic mass is 35.5. The summed E-state index contributed by atoms with van der Waals surface area (Å²) < 4.78 is 0. The van der Waals surface area contributed by atoms with Crippen LogP contribution in [0.5, 0.6) is 0 Å². The number of piperazine rings is 1. The molecule has 3 N–H and O–H groups in total. The molecule has 0 unspecified atom stereocenters. The number of carbonyl (C=O) groups excluding carboxylic acids is 1.